The predicted octanol–water partition coefficient (Wildman–Crippen LogP) is 5.27. The topological polar surface area (TPSA) is 86.6 Å². The summed E-state index contributed by atoms with van der Waals surface area (Å²) in [6, 6.07) is 16.7. The SMILES string of the molecule is COC(=O)c1c(C(=O)c2ccccc2-c2ccccc2)c(C)n(NC(=O)OC(C)(C)C)c1C. The molecule has 3 aromatic rings. The summed E-state index contributed by atoms with van der Waals surface area (Å²) in [5, 5.41) is 0. The highest BCUT2D eigenvalue weighted by molar-refractivity contribution is 6.18. The zero-order valence-electron chi connectivity index (χ0n) is 19.7. The fourth-order valence-electron chi connectivity index (χ4n) is 3.71. The molecule has 0 unspecified atom stereocenters. The number of hydrogen-bond acceptors (Lipinski definition) is 5. The maximum absolute atomic E-state index is 13.8. The van der Waals surface area contributed by atoms with Crippen LogP contribution in [0.1, 0.15) is 58.4 Å². The molecular formula is C26H28N2O5. The van der Waals surface area contributed by atoms with Crippen molar-refractivity contribution in [3.8, 4) is 11.1 Å². The highest BCUT2D eigenvalue weighted by atomic mass is 16.6. The minimum atomic E-state index is -0.711. The number of nitrogens with one attached hydrogen (secondary N) is 1. The molecule has 1 aromatic heterocycles. The number of amides is 1. The molecule has 7 heteroatoms. The molecule has 1 amide bonds. The van der Waals surface area contributed by atoms with E-state index in [9.17, 15) is 14.4 Å². The molecule has 0 saturated heterocycles. The van der Waals surface area contributed by atoms with Gasteiger partial charge in [-0.2, -0.15) is 0 Å². The van der Waals surface area contributed by atoms with Crippen LogP contribution in [-0.2, 0) is 9.47 Å². The summed E-state index contributed by atoms with van der Waals surface area (Å²) in [6.07, 6.45) is -0.705. The number of rotatable bonds is 5. The van der Waals surface area contributed by atoms with E-state index in [0.29, 0.717) is 17.0 Å². The number of carbonyl (C=O) groups is 3. The van der Waals surface area contributed by atoms with Gasteiger partial charge in [0.15, 0.2) is 5.78 Å². The molecule has 0 bridgehead atoms. The van der Waals surface area contributed by atoms with Gasteiger partial charge in [0.05, 0.1) is 23.9 Å². The molecule has 172 valence electrons. The van der Waals surface area contributed by atoms with Crippen LogP contribution < -0.4 is 5.43 Å². The number of ketones is 1. The first kappa shape index (κ1) is 23.8. The van der Waals surface area contributed by atoms with Crippen LogP contribution >= 0.6 is 0 Å². The Morgan fingerprint density at radius 2 is 1.42 bits per heavy atom. The van der Waals surface area contributed by atoms with E-state index in [2.05, 4.69) is 5.43 Å². The highest BCUT2D eigenvalue weighted by Gasteiger charge is 2.31. The normalized spacial score (nSPS) is 11.1. The molecule has 0 aliphatic rings. The number of nitrogens with zero attached hydrogens (tertiary/aromatic N) is 1. The lowest BCUT2D eigenvalue weighted by Gasteiger charge is -2.21. The molecule has 0 aliphatic carbocycles. The minimum absolute atomic E-state index is 0.0962. The Morgan fingerprint density at radius 3 is 2.03 bits per heavy atom. The second-order valence-electron chi connectivity index (χ2n) is 8.60. The van der Waals surface area contributed by atoms with E-state index < -0.39 is 17.7 Å². The van der Waals surface area contributed by atoms with Crippen molar-refractivity contribution in [2.24, 2.45) is 0 Å². The van der Waals surface area contributed by atoms with Crippen LogP contribution in [0, 0.1) is 13.8 Å². The van der Waals surface area contributed by atoms with Gasteiger partial charge in [0.25, 0.3) is 0 Å². The second-order valence-corrected chi connectivity index (χ2v) is 8.60. The lowest BCUT2D eigenvalue weighted by atomic mass is 9.92. The molecule has 3 rings (SSSR count). The number of carbonyl (C=O) groups excluding carboxylic acids is 3. The lowest BCUT2D eigenvalue weighted by Crippen LogP contribution is -2.32. The van der Waals surface area contributed by atoms with Crippen molar-refractivity contribution >= 4 is 17.8 Å². The van der Waals surface area contributed by atoms with Crippen molar-refractivity contribution < 1.29 is 23.9 Å². The maximum atomic E-state index is 13.8. The molecule has 0 aliphatic heterocycles. The molecule has 0 saturated carbocycles. The molecule has 1 heterocycles. The van der Waals surface area contributed by atoms with Gasteiger partial charge in [-0.05, 0) is 45.7 Å². The summed E-state index contributed by atoms with van der Waals surface area (Å²) >= 11 is 0. The lowest BCUT2D eigenvalue weighted by molar-refractivity contribution is 0.0587. The average Bonchev–Trinajstić information content (AvgIpc) is 3.02. The van der Waals surface area contributed by atoms with Gasteiger partial charge in [-0.25, -0.2) is 15.0 Å². The molecule has 0 fully saturated rings. The number of methoxy groups -OCH3 is 1. The summed E-state index contributed by atoms with van der Waals surface area (Å²) < 4.78 is 11.7. The zero-order valence-corrected chi connectivity index (χ0v) is 19.7. The first-order chi connectivity index (χ1) is 15.5. The smallest absolute Gasteiger partial charge is 0.426 e. The summed E-state index contributed by atoms with van der Waals surface area (Å²) in [5.41, 5.74) is 4.99. The van der Waals surface area contributed by atoms with Gasteiger partial charge in [-0.1, -0.05) is 54.6 Å². The fraction of sp³-hybridized carbons (Fsp3) is 0.269. The number of esters is 1. The predicted molar refractivity (Wildman–Crippen MR) is 126 cm³/mol. The van der Waals surface area contributed by atoms with Crippen molar-refractivity contribution in [3.63, 3.8) is 0 Å². The molecule has 33 heavy (non-hydrogen) atoms. The van der Waals surface area contributed by atoms with Crippen LogP contribution in [0.4, 0.5) is 4.79 Å². The van der Waals surface area contributed by atoms with Gasteiger partial charge >= 0.3 is 12.1 Å². The van der Waals surface area contributed by atoms with Gasteiger partial charge < -0.3 is 9.47 Å². The summed E-state index contributed by atoms with van der Waals surface area (Å²) in [6.45, 7) is 8.54. The summed E-state index contributed by atoms with van der Waals surface area (Å²) in [5.74, 6) is -1.01. The largest absolute Gasteiger partial charge is 0.465 e. The monoisotopic (exact) mass is 448 g/mol. The molecule has 0 radical (unpaired) electrons. The Labute approximate surface area is 193 Å². The highest BCUT2D eigenvalue weighted by Crippen LogP contribution is 2.30. The molecule has 0 atom stereocenters. The summed E-state index contributed by atoms with van der Waals surface area (Å²) in [4.78, 5) is 38.9. The van der Waals surface area contributed by atoms with Gasteiger partial charge in [0.2, 0.25) is 0 Å². The van der Waals surface area contributed by atoms with E-state index >= 15 is 0 Å². The third-order valence-corrected chi connectivity index (χ3v) is 5.12. The standard InChI is InChI=1S/C26H28N2O5/c1-16-21(23(29)20-15-11-10-14-19(20)18-12-8-7-9-13-18)22(24(30)32-6)17(2)28(16)27-25(31)33-26(3,4)5/h7-15H,1-6H3,(H,27,31). The Balaban J connectivity index is 2.15. The average molecular weight is 449 g/mol. The molecule has 1 N–H and O–H groups in total. The van der Waals surface area contributed by atoms with Crippen molar-refractivity contribution in [2.75, 3.05) is 12.5 Å². The quantitative estimate of drug-likeness (QED) is 0.425. The Hall–Kier alpha value is -3.87. The first-order valence-electron chi connectivity index (χ1n) is 10.5. The van der Waals surface area contributed by atoms with E-state index in [0.717, 1.165) is 11.1 Å². The van der Waals surface area contributed by atoms with Gasteiger partial charge in [-0.3, -0.25) is 9.47 Å². The number of hydrogen-bond donors (Lipinski definition) is 1. The van der Waals surface area contributed by atoms with Crippen LogP contribution in [0.5, 0.6) is 0 Å². The van der Waals surface area contributed by atoms with E-state index in [1.54, 1.807) is 46.8 Å². The summed E-state index contributed by atoms with van der Waals surface area (Å²) in [7, 11) is 1.25. The van der Waals surface area contributed by atoms with Crippen molar-refractivity contribution in [1.29, 1.82) is 0 Å². The fourth-order valence-corrected chi connectivity index (χ4v) is 3.71. The van der Waals surface area contributed by atoms with Crippen LogP contribution in [0.15, 0.2) is 54.6 Å². The molecule has 2 aromatic carbocycles. The van der Waals surface area contributed by atoms with E-state index in [4.69, 9.17) is 9.47 Å². The molecule has 7 nitrogen and oxygen atoms in total. The first-order valence-corrected chi connectivity index (χ1v) is 10.5. The minimum Gasteiger partial charge on any atom is -0.465 e. The number of ether oxygens (including phenoxy) is 2. The van der Waals surface area contributed by atoms with Crippen molar-refractivity contribution in [2.45, 2.75) is 40.2 Å². The van der Waals surface area contributed by atoms with E-state index in [1.807, 2.05) is 42.5 Å². The molecular weight excluding hydrogens is 420 g/mol. The number of benzene rings is 2. The van der Waals surface area contributed by atoms with Crippen LogP contribution in [0.2, 0.25) is 0 Å². The van der Waals surface area contributed by atoms with Crippen molar-refractivity contribution in [3.05, 3.63) is 82.7 Å². The molecule has 0 spiro atoms. The van der Waals surface area contributed by atoms with Gasteiger partial charge in [0, 0.05) is 11.3 Å². The van der Waals surface area contributed by atoms with Crippen molar-refractivity contribution in [1.82, 2.24) is 4.68 Å². The van der Waals surface area contributed by atoms with Gasteiger partial charge in [-0.15, -0.1) is 0 Å². The third-order valence-electron chi connectivity index (χ3n) is 5.12. The zero-order chi connectivity index (χ0) is 24.3. The van der Waals surface area contributed by atoms with Gasteiger partial charge in [0.1, 0.15) is 5.60 Å². The second kappa shape index (κ2) is 9.32. The van der Waals surface area contributed by atoms with E-state index in [-0.39, 0.29) is 16.9 Å². The Bertz CT molecular complexity index is 1200. The third kappa shape index (κ3) is 4.98. The Morgan fingerprint density at radius 1 is 0.848 bits per heavy atom. The van der Waals surface area contributed by atoms with Crippen LogP contribution in [0.25, 0.3) is 11.1 Å². The van der Waals surface area contributed by atoms with Crippen LogP contribution in [-0.4, -0.2) is 35.2 Å². The Kier molecular flexibility index (Phi) is 6.72. The van der Waals surface area contributed by atoms with E-state index in [1.165, 1.54) is 11.8 Å². The number of aromatic nitrogens is 1. The maximum Gasteiger partial charge on any atom is 0.426 e. The van der Waals surface area contributed by atoms with Crippen LogP contribution in [0.3, 0.4) is 0 Å².